The largest absolute Gasteiger partial charge is 0.465 e. The van der Waals surface area contributed by atoms with Crippen molar-refractivity contribution in [3.05, 3.63) is 35.4 Å². The van der Waals surface area contributed by atoms with Gasteiger partial charge in [-0.3, -0.25) is 0 Å². The van der Waals surface area contributed by atoms with Crippen molar-refractivity contribution in [2.45, 2.75) is 19.1 Å². The van der Waals surface area contributed by atoms with Crippen molar-refractivity contribution in [2.24, 2.45) is 11.1 Å². The lowest BCUT2D eigenvalue weighted by molar-refractivity contribution is 0.0600. The van der Waals surface area contributed by atoms with Gasteiger partial charge in [-0.1, -0.05) is 25.1 Å². The van der Waals surface area contributed by atoms with Crippen LogP contribution >= 0.6 is 0 Å². The first-order valence-corrected chi connectivity index (χ1v) is 8.76. The van der Waals surface area contributed by atoms with E-state index in [1.54, 1.807) is 24.3 Å². The number of sulfonamides is 1. The van der Waals surface area contributed by atoms with E-state index < -0.39 is 16.0 Å². The van der Waals surface area contributed by atoms with E-state index in [4.69, 9.17) is 10.5 Å². The molecule has 0 radical (unpaired) electrons. The van der Waals surface area contributed by atoms with Crippen LogP contribution in [0.25, 0.3) is 0 Å². The van der Waals surface area contributed by atoms with Crippen molar-refractivity contribution in [3.63, 3.8) is 0 Å². The molecule has 0 bridgehead atoms. The second-order valence-electron chi connectivity index (χ2n) is 6.00. The molecule has 0 saturated carbocycles. The summed E-state index contributed by atoms with van der Waals surface area (Å²) in [5.41, 5.74) is 6.29. The maximum atomic E-state index is 12.6. The number of esters is 1. The van der Waals surface area contributed by atoms with Gasteiger partial charge < -0.3 is 10.5 Å². The summed E-state index contributed by atoms with van der Waals surface area (Å²) < 4.78 is 31.4. The van der Waals surface area contributed by atoms with E-state index in [2.05, 4.69) is 0 Å². The lowest BCUT2D eigenvalue weighted by Crippen LogP contribution is -2.35. The first kappa shape index (κ1) is 16.9. The molecule has 0 amide bonds. The molecule has 1 atom stereocenters. The minimum atomic E-state index is -3.49. The fourth-order valence-corrected chi connectivity index (χ4v) is 4.33. The summed E-state index contributed by atoms with van der Waals surface area (Å²) in [6, 6.07) is 6.61. The summed E-state index contributed by atoms with van der Waals surface area (Å²) in [5.74, 6) is -0.738. The standard InChI is InChI=1S/C15H22N2O4S/c1-15(10-16)7-8-17(11-15)22(19,20)9-12-5-3-4-6-13(12)14(18)21-2/h3-6H,7-11,16H2,1-2H3. The molecule has 6 nitrogen and oxygen atoms in total. The third-order valence-electron chi connectivity index (χ3n) is 4.17. The molecule has 1 aromatic carbocycles. The molecule has 1 fully saturated rings. The van der Waals surface area contributed by atoms with Gasteiger partial charge in [0.2, 0.25) is 10.0 Å². The van der Waals surface area contributed by atoms with Crippen LogP contribution in [-0.2, 0) is 20.5 Å². The van der Waals surface area contributed by atoms with Crippen LogP contribution in [0.15, 0.2) is 24.3 Å². The highest BCUT2D eigenvalue weighted by Gasteiger charge is 2.38. The smallest absolute Gasteiger partial charge is 0.338 e. The maximum Gasteiger partial charge on any atom is 0.338 e. The van der Waals surface area contributed by atoms with Gasteiger partial charge in [0.25, 0.3) is 0 Å². The zero-order valence-corrected chi connectivity index (χ0v) is 13.7. The van der Waals surface area contributed by atoms with Crippen molar-refractivity contribution < 1.29 is 17.9 Å². The third-order valence-corrected chi connectivity index (χ3v) is 5.94. The molecule has 2 rings (SSSR count). The summed E-state index contributed by atoms with van der Waals surface area (Å²) in [5, 5.41) is 0. The average molecular weight is 326 g/mol. The second kappa shape index (κ2) is 6.36. The Morgan fingerprint density at radius 3 is 2.68 bits per heavy atom. The Labute approximate surface area is 131 Å². The zero-order chi connectivity index (χ0) is 16.4. The predicted molar refractivity (Wildman–Crippen MR) is 83.8 cm³/mol. The Hall–Kier alpha value is -1.44. The first-order chi connectivity index (χ1) is 10.3. The normalized spacial score (nSPS) is 22.7. The third kappa shape index (κ3) is 3.48. The predicted octanol–water partition coefficient (Wildman–Crippen LogP) is 0.974. The summed E-state index contributed by atoms with van der Waals surface area (Å²) in [4.78, 5) is 11.7. The van der Waals surface area contributed by atoms with Crippen LogP contribution < -0.4 is 5.73 Å². The van der Waals surface area contributed by atoms with Crippen LogP contribution in [-0.4, -0.2) is 45.4 Å². The number of rotatable bonds is 5. The number of methoxy groups -OCH3 is 1. The highest BCUT2D eigenvalue weighted by molar-refractivity contribution is 7.88. The van der Waals surface area contributed by atoms with Gasteiger partial charge in [-0.2, -0.15) is 0 Å². The van der Waals surface area contributed by atoms with Gasteiger partial charge in [0.05, 0.1) is 18.4 Å². The fourth-order valence-electron chi connectivity index (χ4n) is 2.63. The van der Waals surface area contributed by atoms with Crippen LogP contribution in [0.3, 0.4) is 0 Å². The Morgan fingerprint density at radius 2 is 2.09 bits per heavy atom. The topological polar surface area (TPSA) is 89.7 Å². The van der Waals surface area contributed by atoms with E-state index in [9.17, 15) is 13.2 Å². The van der Waals surface area contributed by atoms with E-state index in [1.807, 2.05) is 6.92 Å². The Morgan fingerprint density at radius 1 is 1.41 bits per heavy atom. The van der Waals surface area contributed by atoms with Gasteiger partial charge in [-0.25, -0.2) is 17.5 Å². The van der Waals surface area contributed by atoms with Crippen molar-refractivity contribution >= 4 is 16.0 Å². The van der Waals surface area contributed by atoms with E-state index in [0.717, 1.165) is 6.42 Å². The molecular formula is C15H22N2O4S. The maximum absolute atomic E-state index is 12.6. The van der Waals surface area contributed by atoms with Gasteiger partial charge in [0.15, 0.2) is 0 Å². The quantitative estimate of drug-likeness (QED) is 0.815. The van der Waals surface area contributed by atoms with Gasteiger partial charge in [0, 0.05) is 13.1 Å². The molecule has 1 aliphatic heterocycles. The molecule has 7 heteroatoms. The van der Waals surface area contributed by atoms with Gasteiger partial charge in [0.1, 0.15) is 0 Å². The molecule has 0 aromatic heterocycles. The van der Waals surface area contributed by atoms with Crippen LogP contribution in [0.4, 0.5) is 0 Å². The van der Waals surface area contributed by atoms with Crippen LogP contribution in [0.5, 0.6) is 0 Å². The molecule has 122 valence electrons. The Balaban J connectivity index is 2.22. The molecule has 1 aliphatic rings. The zero-order valence-electron chi connectivity index (χ0n) is 12.9. The van der Waals surface area contributed by atoms with Crippen molar-refractivity contribution in [1.29, 1.82) is 0 Å². The fraction of sp³-hybridized carbons (Fsp3) is 0.533. The number of nitrogens with zero attached hydrogens (tertiary/aromatic N) is 1. The van der Waals surface area contributed by atoms with E-state index in [1.165, 1.54) is 11.4 Å². The Kier molecular flexibility index (Phi) is 4.89. The van der Waals surface area contributed by atoms with Crippen molar-refractivity contribution in [2.75, 3.05) is 26.7 Å². The summed E-state index contributed by atoms with van der Waals surface area (Å²) >= 11 is 0. The number of benzene rings is 1. The minimum Gasteiger partial charge on any atom is -0.465 e. The number of carbonyl (C=O) groups excluding carboxylic acids is 1. The molecule has 0 spiro atoms. The van der Waals surface area contributed by atoms with E-state index in [0.29, 0.717) is 25.2 Å². The average Bonchev–Trinajstić information content (AvgIpc) is 2.91. The molecule has 1 saturated heterocycles. The lowest BCUT2D eigenvalue weighted by atomic mass is 9.90. The monoisotopic (exact) mass is 326 g/mol. The summed E-state index contributed by atoms with van der Waals surface area (Å²) in [7, 11) is -2.21. The minimum absolute atomic E-state index is 0.172. The van der Waals surface area contributed by atoms with Gasteiger partial charge >= 0.3 is 5.97 Å². The molecule has 22 heavy (non-hydrogen) atoms. The van der Waals surface area contributed by atoms with Crippen molar-refractivity contribution in [3.8, 4) is 0 Å². The molecular weight excluding hydrogens is 304 g/mol. The lowest BCUT2D eigenvalue weighted by Gasteiger charge is -2.22. The number of hydrogen-bond donors (Lipinski definition) is 1. The number of ether oxygens (including phenoxy) is 1. The van der Waals surface area contributed by atoms with Crippen LogP contribution in [0.1, 0.15) is 29.3 Å². The summed E-state index contributed by atoms with van der Waals surface area (Å²) in [6.45, 7) is 3.34. The van der Waals surface area contributed by atoms with Crippen LogP contribution in [0.2, 0.25) is 0 Å². The van der Waals surface area contributed by atoms with Gasteiger partial charge in [-0.05, 0) is 30.0 Å². The molecule has 0 aliphatic carbocycles. The van der Waals surface area contributed by atoms with Crippen LogP contribution in [0, 0.1) is 5.41 Å². The highest BCUT2D eigenvalue weighted by atomic mass is 32.2. The molecule has 2 N–H and O–H groups in total. The number of nitrogens with two attached hydrogens (primary N) is 1. The first-order valence-electron chi connectivity index (χ1n) is 7.15. The highest BCUT2D eigenvalue weighted by Crippen LogP contribution is 2.31. The number of carbonyl (C=O) groups is 1. The second-order valence-corrected chi connectivity index (χ2v) is 7.97. The van der Waals surface area contributed by atoms with E-state index in [-0.39, 0.29) is 16.7 Å². The SMILES string of the molecule is COC(=O)c1ccccc1CS(=O)(=O)N1CCC(C)(CN)C1. The van der Waals surface area contributed by atoms with E-state index >= 15 is 0 Å². The molecule has 1 heterocycles. The summed E-state index contributed by atoms with van der Waals surface area (Å²) in [6.07, 6.45) is 0.751. The van der Waals surface area contributed by atoms with Gasteiger partial charge in [-0.15, -0.1) is 0 Å². The Bertz CT molecular complexity index is 659. The van der Waals surface area contributed by atoms with Crippen molar-refractivity contribution in [1.82, 2.24) is 4.31 Å². The number of hydrogen-bond acceptors (Lipinski definition) is 5. The molecule has 1 unspecified atom stereocenters. The molecule has 1 aromatic rings.